The minimum absolute atomic E-state index is 0.321. The summed E-state index contributed by atoms with van der Waals surface area (Å²) in [5.74, 6) is 0.829. The lowest BCUT2D eigenvalue weighted by Crippen LogP contribution is -2.30. The number of aliphatic hydroxyl groups excluding tert-OH is 1. The van der Waals surface area contributed by atoms with E-state index in [1.807, 2.05) is 4.57 Å². The Hall–Kier alpha value is -1.04. The van der Waals surface area contributed by atoms with Gasteiger partial charge >= 0.3 is 6.18 Å². The van der Waals surface area contributed by atoms with Gasteiger partial charge in [0.1, 0.15) is 5.82 Å². The van der Waals surface area contributed by atoms with Crippen LogP contribution in [-0.4, -0.2) is 26.9 Å². The molecule has 0 saturated heterocycles. The number of aromatic nitrogens is 2. The van der Waals surface area contributed by atoms with Crippen molar-refractivity contribution in [1.82, 2.24) is 9.55 Å². The maximum absolute atomic E-state index is 12.1. The molecular formula is C10H13F3N2O. The number of aryl methyl sites for hydroxylation is 2. The van der Waals surface area contributed by atoms with Crippen molar-refractivity contribution in [2.75, 3.05) is 0 Å². The van der Waals surface area contributed by atoms with E-state index in [4.69, 9.17) is 5.11 Å². The summed E-state index contributed by atoms with van der Waals surface area (Å²) in [6.07, 6.45) is -2.85. The summed E-state index contributed by atoms with van der Waals surface area (Å²) < 4.78 is 38.3. The van der Waals surface area contributed by atoms with Gasteiger partial charge in [-0.3, -0.25) is 0 Å². The van der Waals surface area contributed by atoms with Crippen LogP contribution in [0.5, 0.6) is 0 Å². The van der Waals surface area contributed by atoms with E-state index in [1.165, 1.54) is 0 Å². The van der Waals surface area contributed by atoms with Crippen LogP contribution >= 0.6 is 0 Å². The Labute approximate surface area is 90.9 Å². The van der Waals surface area contributed by atoms with Crippen molar-refractivity contribution in [1.29, 1.82) is 0 Å². The molecule has 1 aromatic heterocycles. The summed E-state index contributed by atoms with van der Waals surface area (Å²) in [6, 6.07) is 0. The zero-order chi connectivity index (χ0) is 11.8. The molecule has 0 aromatic carbocycles. The van der Waals surface area contributed by atoms with Crippen molar-refractivity contribution in [3.05, 3.63) is 17.7 Å². The van der Waals surface area contributed by atoms with Gasteiger partial charge in [0.05, 0.1) is 5.69 Å². The maximum atomic E-state index is 12.1. The summed E-state index contributed by atoms with van der Waals surface area (Å²) >= 11 is 0. The van der Waals surface area contributed by atoms with Gasteiger partial charge in [-0.25, -0.2) is 4.98 Å². The van der Waals surface area contributed by atoms with Gasteiger partial charge in [0.15, 0.2) is 6.10 Å². The molecule has 16 heavy (non-hydrogen) atoms. The van der Waals surface area contributed by atoms with Crippen LogP contribution in [-0.2, 0) is 19.4 Å². The van der Waals surface area contributed by atoms with Gasteiger partial charge in [0.25, 0.3) is 0 Å². The zero-order valence-electron chi connectivity index (χ0n) is 8.67. The van der Waals surface area contributed by atoms with Gasteiger partial charge in [-0.1, -0.05) is 0 Å². The van der Waals surface area contributed by atoms with E-state index in [9.17, 15) is 13.2 Å². The fourth-order valence-electron chi connectivity index (χ4n) is 1.88. The van der Waals surface area contributed by atoms with Crippen LogP contribution in [0.2, 0.25) is 0 Å². The molecule has 0 fully saturated rings. The molecule has 0 bridgehead atoms. The first-order valence-electron chi connectivity index (χ1n) is 5.26. The SMILES string of the molecule is OC(Cc1cn2c(n1)CCCC2)C(F)(F)F. The summed E-state index contributed by atoms with van der Waals surface area (Å²) in [4.78, 5) is 4.11. The lowest BCUT2D eigenvalue weighted by Gasteiger charge is -2.12. The Morgan fingerprint density at radius 1 is 1.44 bits per heavy atom. The van der Waals surface area contributed by atoms with Gasteiger partial charge in [0, 0.05) is 25.6 Å². The highest BCUT2D eigenvalue weighted by Gasteiger charge is 2.38. The molecule has 90 valence electrons. The van der Waals surface area contributed by atoms with E-state index < -0.39 is 18.7 Å². The normalized spacial score (nSPS) is 18.2. The van der Waals surface area contributed by atoms with Crippen LogP contribution in [0.4, 0.5) is 13.2 Å². The van der Waals surface area contributed by atoms with E-state index >= 15 is 0 Å². The van der Waals surface area contributed by atoms with E-state index in [0.29, 0.717) is 5.69 Å². The first-order chi connectivity index (χ1) is 7.47. The zero-order valence-corrected chi connectivity index (χ0v) is 8.67. The molecule has 0 radical (unpaired) electrons. The van der Waals surface area contributed by atoms with Crippen LogP contribution < -0.4 is 0 Å². The minimum Gasteiger partial charge on any atom is -0.383 e. The second-order valence-corrected chi connectivity index (χ2v) is 4.06. The molecule has 1 atom stereocenters. The molecule has 1 aromatic rings. The van der Waals surface area contributed by atoms with Gasteiger partial charge in [0.2, 0.25) is 0 Å². The Morgan fingerprint density at radius 2 is 2.19 bits per heavy atom. The monoisotopic (exact) mass is 234 g/mol. The van der Waals surface area contributed by atoms with Gasteiger partial charge < -0.3 is 9.67 Å². The number of hydrogen-bond acceptors (Lipinski definition) is 2. The molecule has 0 amide bonds. The molecule has 1 aliphatic rings. The Kier molecular flexibility index (Phi) is 2.92. The molecule has 0 spiro atoms. The van der Waals surface area contributed by atoms with Crippen LogP contribution in [0.15, 0.2) is 6.20 Å². The molecule has 1 unspecified atom stereocenters. The summed E-state index contributed by atoms with van der Waals surface area (Å²) in [6.45, 7) is 0.810. The molecule has 2 heterocycles. The van der Waals surface area contributed by atoms with Gasteiger partial charge in [-0.15, -0.1) is 0 Å². The fraction of sp³-hybridized carbons (Fsp3) is 0.700. The molecular weight excluding hydrogens is 221 g/mol. The average molecular weight is 234 g/mol. The van der Waals surface area contributed by atoms with Crippen LogP contribution in [0.25, 0.3) is 0 Å². The van der Waals surface area contributed by atoms with E-state index in [2.05, 4.69) is 4.98 Å². The van der Waals surface area contributed by atoms with E-state index in [-0.39, 0.29) is 0 Å². The van der Waals surface area contributed by atoms with Gasteiger partial charge in [-0.2, -0.15) is 13.2 Å². The van der Waals surface area contributed by atoms with E-state index in [1.54, 1.807) is 6.20 Å². The van der Waals surface area contributed by atoms with Gasteiger partial charge in [-0.05, 0) is 12.8 Å². The molecule has 0 aliphatic carbocycles. The molecule has 0 saturated carbocycles. The maximum Gasteiger partial charge on any atom is 0.414 e. The third kappa shape index (κ3) is 2.37. The molecule has 1 N–H and O–H groups in total. The summed E-state index contributed by atoms with van der Waals surface area (Å²) in [5.41, 5.74) is 0.321. The van der Waals surface area contributed by atoms with Crippen LogP contribution in [0.3, 0.4) is 0 Å². The van der Waals surface area contributed by atoms with Crippen molar-refractivity contribution >= 4 is 0 Å². The number of fused-ring (bicyclic) bond motifs is 1. The third-order valence-electron chi connectivity index (χ3n) is 2.74. The fourth-order valence-corrected chi connectivity index (χ4v) is 1.88. The number of alkyl halides is 3. The predicted molar refractivity (Wildman–Crippen MR) is 50.9 cm³/mol. The highest BCUT2D eigenvalue weighted by Crippen LogP contribution is 2.23. The second kappa shape index (κ2) is 4.08. The lowest BCUT2D eigenvalue weighted by atomic mass is 10.2. The number of halogens is 3. The van der Waals surface area contributed by atoms with Crippen molar-refractivity contribution in [2.45, 2.75) is 44.5 Å². The summed E-state index contributed by atoms with van der Waals surface area (Å²) in [7, 11) is 0. The lowest BCUT2D eigenvalue weighted by molar-refractivity contribution is -0.203. The van der Waals surface area contributed by atoms with E-state index in [0.717, 1.165) is 31.6 Å². The highest BCUT2D eigenvalue weighted by molar-refractivity contribution is 5.07. The molecule has 2 rings (SSSR count). The molecule has 3 nitrogen and oxygen atoms in total. The largest absolute Gasteiger partial charge is 0.414 e. The number of hydrogen-bond donors (Lipinski definition) is 1. The van der Waals surface area contributed by atoms with Crippen LogP contribution in [0.1, 0.15) is 24.4 Å². The third-order valence-corrected chi connectivity index (χ3v) is 2.74. The Morgan fingerprint density at radius 3 is 2.81 bits per heavy atom. The average Bonchev–Trinajstić information content (AvgIpc) is 2.58. The topological polar surface area (TPSA) is 38.0 Å². The van der Waals surface area contributed by atoms with Crippen molar-refractivity contribution in [2.24, 2.45) is 0 Å². The Balaban J connectivity index is 2.08. The van der Waals surface area contributed by atoms with Crippen molar-refractivity contribution in [3.8, 4) is 0 Å². The molecule has 1 aliphatic heterocycles. The second-order valence-electron chi connectivity index (χ2n) is 4.06. The predicted octanol–water partition coefficient (Wildman–Crippen LogP) is 1.69. The number of imidazole rings is 1. The van der Waals surface area contributed by atoms with Crippen LogP contribution in [0, 0.1) is 0 Å². The number of rotatable bonds is 2. The Bertz CT molecular complexity index is 349. The first-order valence-corrected chi connectivity index (χ1v) is 5.26. The van der Waals surface area contributed by atoms with Crippen molar-refractivity contribution in [3.63, 3.8) is 0 Å². The summed E-state index contributed by atoms with van der Waals surface area (Å²) in [5, 5.41) is 8.93. The smallest absolute Gasteiger partial charge is 0.383 e. The quantitative estimate of drug-likeness (QED) is 0.845. The standard InChI is InChI=1S/C10H13F3N2O/c11-10(12,13)8(16)5-7-6-15-4-2-1-3-9(15)14-7/h6,8,16H,1-5H2. The highest BCUT2D eigenvalue weighted by atomic mass is 19.4. The number of aliphatic hydroxyl groups is 1. The van der Waals surface area contributed by atoms with Crippen molar-refractivity contribution < 1.29 is 18.3 Å². The molecule has 6 heteroatoms. The first kappa shape index (κ1) is 11.4. The number of nitrogens with zero attached hydrogens (tertiary/aromatic N) is 2. The minimum atomic E-state index is -4.57.